The van der Waals surface area contributed by atoms with E-state index < -0.39 is 0 Å². The van der Waals surface area contributed by atoms with E-state index in [0.29, 0.717) is 6.10 Å². The first kappa shape index (κ1) is 11.9. The van der Waals surface area contributed by atoms with Crippen LogP contribution in [0.4, 0.5) is 0 Å². The van der Waals surface area contributed by atoms with Gasteiger partial charge in [-0.2, -0.15) is 0 Å². The summed E-state index contributed by atoms with van der Waals surface area (Å²) in [5.41, 5.74) is 0. The third-order valence-electron chi connectivity index (χ3n) is 4.82. The third-order valence-corrected chi connectivity index (χ3v) is 4.82. The van der Waals surface area contributed by atoms with Crippen LogP contribution in [0.2, 0.25) is 0 Å². The number of hydrogen-bond donors (Lipinski definition) is 0. The molecule has 0 aromatic carbocycles. The van der Waals surface area contributed by atoms with Crippen LogP contribution in [0.3, 0.4) is 0 Å². The topological polar surface area (TPSA) is 15.7 Å². The van der Waals surface area contributed by atoms with Crippen molar-refractivity contribution in [2.45, 2.75) is 57.2 Å². The van der Waals surface area contributed by atoms with Gasteiger partial charge in [-0.05, 0) is 58.7 Å². The Morgan fingerprint density at radius 1 is 1.00 bits per heavy atom. The van der Waals surface area contributed by atoms with Crippen molar-refractivity contribution in [3.05, 3.63) is 0 Å². The molecule has 0 radical (unpaired) electrons. The lowest BCUT2D eigenvalue weighted by Gasteiger charge is -2.43. The minimum Gasteiger partial charge on any atom is -0.378 e. The molecule has 0 N–H and O–H groups in total. The molecule has 17 heavy (non-hydrogen) atoms. The summed E-state index contributed by atoms with van der Waals surface area (Å²) in [5.74, 6) is 0. The summed E-state index contributed by atoms with van der Waals surface area (Å²) in [6.45, 7) is 8.32. The molecule has 1 atom stereocenters. The van der Waals surface area contributed by atoms with Crippen molar-refractivity contribution in [2.75, 3.05) is 32.8 Å². The Balaban J connectivity index is 1.51. The molecule has 98 valence electrons. The van der Waals surface area contributed by atoms with Gasteiger partial charge in [-0.1, -0.05) is 0 Å². The first-order valence-electron chi connectivity index (χ1n) is 7.46. The van der Waals surface area contributed by atoms with Gasteiger partial charge in [0.05, 0.1) is 6.10 Å². The maximum Gasteiger partial charge on any atom is 0.0604 e. The van der Waals surface area contributed by atoms with Crippen LogP contribution >= 0.6 is 0 Å². The van der Waals surface area contributed by atoms with Gasteiger partial charge in [0.25, 0.3) is 0 Å². The molecule has 0 amide bonds. The summed E-state index contributed by atoms with van der Waals surface area (Å²) in [5, 5.41) is 0. The van der Waals surface area contributed by atoms with Gasteiger partial charge in [-0.15, -0.1) is 0 Å². The van der Waals surface area contributed by atoms with Crippen LogP contribution in [-0.2, 0) is 4.74 Å². The fourth-order valence-electron chi connectivity index (χ4n) is 3.77. The van der Waals surface area contributed by atoms with Gasteiger partial charge < -0.3 is 4.74 Å². The quantitative estimate of drug-likeness (QED) is 0.744. The van der Waals surface area contributed by atoms with E-state index in [9.17, 15) is 0 Å². The maximum atomic E-state index is 5.68. The number of ether oxygens (including phenoxy) is 1. The Morgan fingerprint density at radius 3 is 2.59 bits per heavy atom. The minimum absolute atomic E-state index is 0.563. The highest BCUT2D eigenvalue weighted by molar-refractivity contribution is 4.93. The predicted octanol–water partition coefficient (Wildman–Crippen LogP) is 1.72. The van der Waals surface area contributed by atoms with Crippen molar-refractivity contribution in [1.29, 1.82) is 0 Å². The van der Waals surface area contributed by atoms with Gasteiger partial charge in [0.1, 0.15) is 0 Å². The molecule has 3 nitrogen and oxygen atoms in total. The Hall–Kier alpha value is -0.120. The average molecular weight is 238 g/mol. The summed E-state index contributed by atoms with van der Waals surface area (Å²) in [7, 11) is 0. The predicted molar refractivity (Wildman–Crippen MR) is 69.2 cm³/mol. The molecule has 3 heteroatoms. The van der Waals surface area contributed by atoms with Crippen LogP contribution in [0.15, 0.2) is 0 Å². The molecule has 1 saturated carbocycles. The van der Waals surface area contributed by atoms with Crippen molar-refractivity contribution in [3.8, 4) is 0 Å². The molecular formula is C14H26N2O. The SMILES string of the molecule is CCOC1CC(N2CCCN3CCCC3C2)C1. The molecule has 1 unspecified atom stereocenters. The van der Waals surface area contributed by atoms with Crippen LogP contribution in [0, 0.1) is 0 Å². The first-order chi connectivity index (χ1) is 8.36. The van der Waals surface area contributed by atoms with Gasteiger partial charge in [-0.3, -0.25) is 9.80 Å². The number of nitrogens with zero attached hydrogens (tertiary/aromatic N) is 2. The van der Waals surface area contributed by atoms with Gasteiger partial charge in [0, 0.05) is 25.2 Å². The second-order valence-electron chi connectivity index (χ2n) is 5.88. The Bertz CT molecular complexity index is 253. The van der Waals surface area contributed by atoms with E-state index in [2.05, 4.69) is 16.7 Å². The highest BCUT2D eigenvalue weighted by Gasteiger charge is 2.37. The zero-order valence-electron chi connectivity index (χ0n) is 11.1. The second kappa shape index (κ2) is 5.25. The van der Waals surface area contributed by atoms with Crippen LogP contribution in [-0.4, -0.2) is 60.8 Å². The van der Waals surface area contributed by atoms with Crippen LogP contribution < -0.4 is 0 Å². The van der Waals surface area contributed by atoms with Crippen molar-refractivity contribution in [2.24, 2.45) is 0 Å². The summed E-state index contributed by atoms with van der Waals surface area (Å²) in [6.07, 6.45) is 7.34. The fraction of sp³-hybridized carbons (Fsp3) is 1.00. The van der Waals surface area contributed by atoms with E-state index in [1.54, 1.807) is 0 Å². The lowest BCUT2D eigenvalue weighted by atomic mass is 9.87. The van der Waals surface area contributed by atoms with Gasteiger partial charge >= 0.3 is 0 Å². The standard InChI is InChI=1S/C14H26N2O/c1-2-17-14-9-13(10-14)16-8-4-7-15-6-3-5-12(15)11-16/h12-14H,2-11H2,1H3. The Kier molecular flexibility index (Phi) is 3.69. The molecule has 2 heterocycles. The van der Waals surface area contributed by atoms with Gasteiger partial charge in [0.2, 0.25) is 0 Å². The zero-order chi connectivity index (χ0) is 11.7. The summed E-state index contributed by atoms with van der Waals surface area (Å²) in [6, 6.07) is 1.69. The summed E-state index contributed by atoms with van der Waals surface area (Å²) >= 11 is 0. The minimum atomic E-state index is 0.563. The molecule has 3 rings (SSSR count). The summed E-state index contributed by atoms with van der Waals surface area (Å²) in [4.78, 5) is 5.48. The van der Waals surface area contributed by atoms with Crippen molar-refractivity contribution < 1.29 is 4.74 Å². The molecule has 3 fully saturated rings. The monoisotopic (exact) mass is 238 g/mol. The lowest BCUT2D eigenvalue weighted by Crippen LogP contribution is -2.50. The highest BCUT2D eigenvalue weighted by Crippen LogP contribution is 2.31. The van der Waals surface area contributed by atoms with Gasteiger partial charge in [0.15, 0.2) is 0 Å². The number of hydrogen-bond acceptors (Lipinski definition) is 3. The smallest absolute Gasteiger partial charge is 0.0604 e. The van der Waals surface area contributed by atoms with E-state index >= 15 is 0 Å². The molecule has 0 spiro atoms. The Labute approximate surface area is 105 Å². The third kappa shape index (κ3) is 2.51. The summed E-state index contributed by atoms with van der Waals surface area (Å²) < 4.78 is 5.68. The molecule has 2 saturated heterocycles. The van der Waals surface area contributed by atoms with E-state index in [0.717, 1.165) is 18.7 Å². The Morgan fingerprint density at radius 2 is 1.76 bits per heavy atom. The largest absolute Gasteiger partial charge is 0.378 e. The molecule has 0 aromatic heterocycles. The van der Waals surface area contributed by atoms with E-state index in [4.69, 9.17) is 4.74 Å². The van der Waals surface area contributed by atoms with E-state index in [1.165, 1.54) is 58.3 Å². The second-order valence-corrected chi connectivity index (χ2v) is 5.88. The van der Waals surface area contributed by atoms with Crippen LogP contribution in [0.5, 0.6) is 0 Å². The lowest BCUT2D eigenvalue weighted by molar-refractivity contribution is -0.0473. The average Bonchev–Trinajstić information content (AvgIpc) is 2.61. The molecule has 1 aliphatic carbocycles. The van der Waals surface area contributed by atoms with Crippen molar-refractivity contribution in [1.82, 2.24) is 9.80 Å². The molecule has 0 aromatic rings. The van der Waals surface area contributed by atoms with E-state index in [-0.39, 0.29) is 0 Å². The first-order valence-corrected chi connectivity index (χ1v) is 7.46. The van der Waals surface area contributed by atoms with Crippen molar-refractivity contribution in [3.63, 3.8) is 0 Å². The number of rotatable bonds is 3. The fourth-order valence-corrected chi connectivity index (χ4v) is 3.77. The van der Waals surface area contributed by atoms with Gasteiger partial charge in [-0.25, -0.2) is 0 Å². The molecule has 3 aliphatic rings. The zero-order valence-corrected chi connectivity index (χ0v) is 11.1. The number of fused-ring (bicyclic) bond motifs is 1. The molecule has 0 bridgehead atoms. The van der Waals surface area contributed by atoms with Crippen LogP contribution in [0.1, 0.15) is 39.0 Å². The van der Waals surface area contributed by atoms with E-state index in [1.807, 2.05) is 0 Å². The van der Waals surface area contributed by atoms with Crippen LogP contribution in [0.25, 0.3) is 0 Å². The highest BCUT2D eigenvalue weighted by atomic mass is 16.5. The maximum absolute atomic E-state index is 5.68. The van der Waals surface area contributed by atoms with Crippen molar-refractivity contribution >= 4 is 0 Å². The molecular weight excluding hydrogens is 212 g/mol. The normalized spacial score (nSPS) is 39.7. The molecule has 2 aliphatic heterocycles.